The number of thioether (sulfide) groups is 1. The molecular formula is C12H12N2O3S. The summed E-state index contributed by atoms with van der Waals surface area (Å²) >= 11 is 1.52. The van der Waals surface area contributed by atoms with Gasteiger partial charge in [0.05, 0.1) is 18.0 Å². The molecule has 2 rings (SSSR count). The number of benzene rings is 1. The van der Waals surface area contributed by atoms with Crippen molar-refractivity contribution in [2.75, 3.05) is 12.9 Å². The Balaban J connectivity index is 2.21. The summed E-state index contributed by atoms with van der Waals surface area (Å²) < 4.78 is 5.07. The van der Waals surface area contributed by atoms with Crippen LogP contribution in [-0.4, -0.2) is 30.0 Å². The van der Waals surface area contributed by atoms with Gasteiger partial charge >= 0.3 is 5.97 Å². The van der Waals surface area contributed by atoms with Crippen LogP contribution in [0.15, 0.2) is 18.2 Å². The van der Waals surface area contributed by atoms with Crippen LogP contribution in [-0.2, 0) is 4.79 Å². The summed E-state index contributed by atoms with van der Waals surface area (Å²) in [7, 11) is 1.51. The van der Waals surface area contributed by atoms with E-state index in [1.165, 1.54) is 18.9 Å². The van der Waals surface area contributed by atoms with E-state index in [1.807, 2.05) is 6.07 Å². The van der Waals surface area contributed by atoms with E-state index >= 15 is 0 Å². The van der Waals surface area contributed by atoms with Crippen molar-refractivity contribution in [1.29, 1.82) is 5.26 Å². The Labute approximate surface area is 109 Å². The third-order valence-corrected chi connectivity index (χ3v) is 3.99. The Morgan fingerprint density at radius 2 is 2.44 bits per heavy atom. The van der Waals surface area contributed by atoms with E-state index in [4.69, 9.17) is 15.1 Å². The summed E-state index contributed by atoms with van der Waals surface area (Å²) in [5, 5.41) is 20.8. The van der Waals surface area contributed by atoms with Crippen LogP contribution in [0.1, 0.15) is 16.5 Å². The number of carbonyl (C=O) groups is 1. The molecule has 1 heterocycles. The van der Waals surface area contributed by atoms with Crippen LogP contribution in [0, 0.1) is 11.3 Å². The number of hydrogen-bond acceptors (Lipinski definition) is 5. The number of nitrogens with one attached hydrogen (secondary N) is 1. The normalized spacial score (nSPS) is 22.4. The summed E-state index contributed by atoms with van der Waals surface area (Å²) in [5.41, 5.74) is 1.34. The molecule has 0 spiro atoms. The van der Waals surface area contributed by atoms with Gasteiger partial charge in [0.2, 0.25) is 0 Å². The van der Waals surface area contributed by atoms with E-state index in [-0.39, 0.29) is 5.37 Å². The highest BCUT2D eigenvalue weighted by molar-refractivity contribution is 7.99. The minimum Gasteiger partial charge on any atom is -0.495 e. The summed E-state index contributed by atoms with van der Waals surface area (Å²) in [6.45, 7) is 0. The molecule has 1 aromatic carbocycles. The Morgan fingerprint density at radius 3 is 3.00 bits per heavy atom. The van der Waals surface area contributed by atoms with Crippen LogP contribution in [0.2, 0.25) is 0 Å². The van der Waals surface area contributed by atoms with Crippen molar-refractivity contribution in [3.63, 3.8) is 0 Å². The Morgan fingerprint density at radius 1 is 1.67 bits per heavy atom. The van der Waals surface area contributed by atoms with Crippen molar-refractivity contribution in [1.82, 2.24) is 5.32 Å². The second-order valence-electron chi connectivity index (χ2n) is 3.84. The van der Waals surface area contributed by atoms with E-state index in [9.17, 15) is 4.79 Å². The van der Waals surface area contributed by atoms with Gasteiger partial charge in [0.15, 0.2) is 0 Å². The van der Waals surface area contributed by atoms with Crippen molar-refractivity contribution in [2.45, 2.75) is 11.4 Å². The van der Waals surface area contributed by atoms with Crippen molar-refractivity contribution < 1.29 is 14.6 Å². The summed E-state index contributed by atoms with van der Waals surface area (Å²) in [5.74, 6) is 0.200. The Hall–Kier alpha value is -1.71. The highest BCUT2D eigenvalue weighted by atomic mass is 32.2. The Bertz CT molecular complexity index is 513. The molecule has 6 heteroatoms. The van der Waals surface area contributed by atoms with E-state index in [0.29, 0.717) is 17.1 Å². The molecule has 1 saturated heterocycles. The lowest BCUT2D eigenvalue weighted by molar-refractivity contribution is -0.138. The fraction of sp³-hybridized carbons (Fsp3) is 0.333. The quantitative estimate of drug-likeness (QED) is 0.857. The molecule has 2 atom stereocenters. The monoisotopic (exact) mass is 264 g/mol. The van der Waals surface area contributed by atoms with Gasteiger partial charge in [-0.25, -0.2) is 0 Å². The number of carboxylic acids is 1. The van der Waals surface area contributed by atoms with Gasteiger partial charge in [-0.05, 0) is 17.7 Å². The number of nitrogens with zero attached hydrogens (tertiary/aromatic N) is 1. The summed E-state index contributed by atoms with van der Waals surface area (Å²) in [4.78, 5) is 10.9. The zero-order valence-corrected chi connectivity index (χ0v) is 10.5. The number of aliphatic carboxylic acids is 1. The summed E-state index contributed by atoms with van der Waals surface area (Å²) in [6, 6.07) is 6.83. The predicted octanol–water partition coefficient (Wildman–Crippen LogP) is 1.36. The molecule has 0 radical (unpaired) electrons. The van der Waals surface area contributed by atoms with Crippen molar-refractivity contribution in [3.05, 3.63) is 29.3 Å². The van der Waals surface area contributed by atoms with Crippen LogP contribution in [0.5, 0.6) is 5.75 Å². The number of ether oxygens (including phenoxy) is 1. The molecule has 0 aliphatic carbocycles. The average Bonchev–Trinajstić information content (AvgIpc) is 2.87. The van der Waals surface area contributed by atoms with E-state index in [0.717, 1.165) is 5.56 Å². The number of methoxy groups -OCH3 is 1. The number of nitriles is 1. The van der Waals surface area contributed by atoms with Gasteiger partial charge in [0, 0.05) is 5.75 Å². The average molecular weight is 264 g/mol. The largest absolute Gasteiger partial charge is 0.495 e. The first kappa shape index (κ1) is 12.7. The maximum Gasteiger partial charge on any atom is 0.321 e. The van der Waals surface area contributed by atoms with Crippen molar-refractivity contribution in [2.24, 2.45) is 0 Å². The second kappa shape index (κ2) is 5.29. The molecule has 18 heavy (non-hydrogen) atoms. The second-order valence-corrected chi connectivity index (χ2v) is 4.98. The first-order valence-electron chi connectivity index (χ1n) is 5.34. The van der Waals surface area contributed by atoms with Crippen LogP contribution in [0.3, 0.4) is 0 Å². The smallest absolute Gasteiger partial charge is 0.321 e. The van der Waals surface area contributed by atoms with Crippen LogP contribution in [0.4, 0.5) is 0 Å². The molecule has 5 nitrogen and oxygen atoms in total. The van der Waals surface area contributed by atoms with Gasteiger partial charge in [-0.15, -0.1) is 11.8 Å². The maximum absolute atomic E-state index is 10.9. The lowest BCUT2D eigenvalue weighted by atomic mass is 10.1. The van der Waals surface area contributed by atoms with Gasteiger partial charge in [0.25, 0.3) is 0 Å². The summed E-state index contributed by atoms with van der Waals surface area (Å²) in [6.07, 6.45) is 0. The van der Waals surface area contributed by atoms with Crippen molar-refractivity contribution in [3.8, 4) is 11.8 Å². The lowest BCUT2D eigenvalue weighted by Crippen LogP contribution is -2.33. The molecule has 0 saturated carbocycles. The maximum atomic E-state index is 10.9. The number of rotatable bonds is 3. The van der Waals surface area contributed by atoms with Gasteiger partial charge in [-0.1, -0.05) is 6.07 Å². The van der Waals surface area contributed by atoms with Crippen LogP contribution < -0.4 is 10.1 Å². The van der Waals surface area contributed by atoms with Gasteiger partial charge < -0.3 is 9.84 Å². The zero-order chi connectivity index (χ0) is 13.1. The van der Waals surface area contributed by atoms with Gasteiger partial charge in [0.1, 0.15) is 17.9 Å². The minimum absolute atomic E-state index is 0.0934. The van der Waals surface area contributed by atoms with Gasteiger partial charge in [-0.2, -0.15) is 5.26 Å². The zero-order valence-electron chi connectivity index (χ0n) is 9.71. The minimum atomic E-state index is -0.848. The lowest BCUT2D eigenvalue weighted by Gasteiger charge is -2.12. The molecule has 1 aliphatic rings. The molecule has 0 aromatic heterocycles. The predicted molar refractivity (Wildman–Crippen MR) is 67.5 cm³/mol. The highest BCUT2D eigenvalue weighted by Crippen LogP contribution is 2.34. The highest BCUT2D eigenvalue weighted by Gasteiger charge is 2.30. The first-order valence-corrected chi connectivity index (χ1v) is 6.39. The molecule has 0 amide bonds. The first-order chi connectivity index (χ1) is 8.65. The van der Waals surface area contributed by atoms with Gasteiger partial charge in [-0.3, -0.25) is 10.1 Å². The molecule has 2 unspecified atom stereocenters. The third-order valence-electron chi connectivity index (χ3n) is 2.73. The standard InChI is InChI=1S/C12H12N2O3S/c1-17-10-3-2-7(4-8(10)5-13)11-14-9(6-18-11)12(15)16/h2-4,9,11,14H,6H2,1H3,(H,15,16). The Kier molecular flexibility index (Phi) is 3.75. The SMILES string of the molecule is COc1ccc(C2NC(C(=O)O)CS2)cc1C#N. The van der Waals surface area contributed by atoms with E-state index in [2.05, 4.69) is 11.4 Å². The molecule has 2 N–H and O–H groups in total. The van der Waals surface area contributed by atoms with Crippen molar-refractivity contribution >= 4 is 17.7 Å². The van der Waals surface area contributed by atoms with Crippen LogP contribution in [0.25, 0.3) is 0 Å². The van der Waals surface area contributed by atoms with Crippen LogP contribution >= 0.6 is 11.8 Å². The molecule has 1 fully saturated rings. The van der Waals surface area contributed by atoms with E-state index in [1.54, 1.807) is 12.1 Å². The fourth-order valence-corrected chi connectivity index (χ4v) is 3.01. The molecule has 1 aromatic rings. The molecular weight excluding hydrogens is 252 g/mol. The molecule has 1 aliphatic heterocycles. The number of carboxylic acid groups (broad SMARTS) is 1. The molecule has 0 bridgehead atoms. The van der Waals surface area contributed by atoms with E-state index < -0.39 is 12.0 Å². The fourth-order valence-electron chi connectivity index (χ4n) is 1.78. The molecule has 94 valence electrons. The third kappa shape index (κ3) is 2.42. The number of hydrogen-bond donors (Lipinski definition) is 2. The topological polar surface area (TPSA) is 82.3 Å².